The van der Waals surface area contributed by atoms with Crippen LogP contribution < -0.4 is 5.32 Å². The minimum Gasteiger partial charge on any atom is -0.382 e. The maximum Gasteiger partial charge on any atom is 0.0372 e. The van der Waals surface area contributed by atoms with E-state index < -0.39 is 0 Å². The summed E-state index contributed by atoms with van der Waals surface area (Å²) in [7, 11) is 0. The first-order valence-electron chi connectivity index (χ1n) is 7.21. The van der Waals surface area contributed by atoms with Gasteiger partial charge in [0.15, 0.2) is 0 Å². The number of nitrogens with one attached hydrogen (secondary N) is 1. The second-order valence-electron chi connectivity index (χ2n) is 5.58. The van der Waals surface area contributed by atoms with Gasteiger partial charge < -0.3 is 5.32 Å². The van der Waals surface area contributed by atoms with Gasteiger partial charge in [0.2, 0.25) is 0 Å². The van der Waals surface area contributed by atoms with E-state index in [2.05, 4.69) is 60.0 Å². The van der Waals surface area contributed by atoms with E-state index in [1.54, 1.807) is 0 Å². The summed E-state index contributed by atoms with van der Waals surface area (Å²) < 4.78 is 1.32. The Labute approximate surface area is 125 Å². The minimum absolute atomic E-state index is 0.681. The van der Waals surface area contributed by atoms with Crippen molar-refractivity contribution in [2.75, 3.05) is 5.32 Å². The molecular formula is C16H24IN. The molecule has 1 aromatic carbocycles. The van der Waals surface area contributed by atoms with E-state index in [9.17, 15) is 0 Å². The number of rotatable bonds is 3. The van der Waals surface area contributed by atoms with Crippen LogP contribution in [0.4, 0.5) is 5.69 Å². The Morgan fingerprint density at radius 3 is 2.78 bits per heavy atom. The molecule has 0 spiro atoms. The molecule has 2 unspecified atom stereocenters. The fourth-order valence-corrected chi connectivity index (χ4v) is 3.59. The molecule has 0 bridgehead atoms. The average Bonchev–Trinajstić information content (AvgIpc) is 2.58. The zero-order valence-corrected chi connectivity index (χ0v) is 13.7. The van der Waals surface area contributed by atoms with E-state index >= 15 is 0 Å². The summed E-state index contributed by atoms with van der Waals surface area (Å²) >= 11 is 2.38. The van der Waals surface area contributed by atoms with Crippen LogP contribution in [0.3, 0.4) is 0 Å². The molecule has 18 heavy (non-hydrogen) atoms. The molecule has 0 amide bonds. The van der Waals surface area contributed by atoms with Gasteiger partial charge in [-0.2, -0.15) is 0 Å². The summed E-state index contributed by atoms with van der Waals surface area (Å²) in [5.41, 5.74) is 2.70. The van der Waals surface area contributed by atoms with E-state index in [4.69, 9.17) is 0 Å². The summed E-state index contributed by atoms with van der Waals surface area (Å²) in [6, 6.07) is 7.37. The first-order valence-corrected chi connectivity index (χ1v) is 8.29. The third kappa shape index (κ3) is 3.87. The van der Waals surface area contributed by atoms with Gasteiger partial charge in [-0.3, -0.25) is 0 Å². The number of aryl methyl sites for hydroxylation is 1. The lowest BCUT2D eigenvalue weighted by atomic mass is 9.98. The lowest BCUT2D eigenvalue weighted by Crippen LogP contribution is -2.19. The maximum absolute atomic E-state index is 3.76. The zero-order chi connectivity index (χ0) is 13.0. The Kier molecular flexibility index (Phi) is 5.34. The molecule has 2 rings (SSSR count). The first-order chi connectivity index (χ1) is 8.69. The van der Waals surface area contributed by atoms with Crippen LogP contribution in [0.2, 0.25) is 0 Å². The molecule has 1 fully saturated rings. The van der Waals surface area contributed by atoms with Crippen LogP contribution in [0.15, 0.2) is 18.2 Å². The SMILES string of the molecule is CCC1CCCC(Nc2ccc(I)cc2C)CC1. The third-order valence-electron chi connectivity index (χ3n) is 4.21. The molecule has 1 N–H and O–H groups in total. The van der Waals surface area contributed by atoms with Gasteiger partial charge in [-0.05, 0) is 78.5 Å². The van der Waals surface area contributed by atoms with Crippen molar-refractivity contribution in [2.24, 2.45) is 5.92 Å². The summed E-state index contributed by atoms with van der Waals surface area (Å²) in [6.07, 6.45) is 8.25. The highest BCUT2D eigenvalue weighted by Gasteiger charge is 2.17. The quantitative estimate of drug-likeness (QED) is 0.566. The van der Waals surface area contributed by atoms with E-state index in [0.29, 0.717) is 6.04 Å². The minimum atomic E-state index is 0.681. The van der Waals surface area contributed by atoms with Crippen molar-refractivity contribution < 1.29 is 0 Å². The number of benzene rings is 1. The molecule has 1 aliphatic carbocycles. The average molecular weight is 357 g/mol. The molecule has 2 heteroatoms. The monoisotopic (exact) mass is 357 g/mol. The second-order valence-corrected chi connectivity index (χ2v) is 6.83. The highest BCUT2D eigenvalue weighted by atomic mass is 127. The van der Waals surface area contributed by atoms with Crippen LogP contribution in [-0.2, 0) is 0 Å². The molecule has 1 saturated carbocycles. The molecule has 100 valence electrons. The van der Waals surface area contributed by atoms with Crippen LogP contribution in [0.5, 0.6) is 0 Å². The number of halogens is 1. The largest absolute Gasteiger partial charge is 0.382 e. The van der Waals surface area contributed by atoms with Crippen molar-refractivity contribution in [3.05, 3.63) is 27.3 Å². The third-order valence-corrected chi connectivity index (χ3v) is 4.88. The van der Waals surface area contributed by atoms with Gasteiger partial charge in [0.25, 0.3) is 0 Å². The van der Waals surface area contributed by atoms with Crippen molar-refractivity contribution in [3.63, 3.8) is 0 Å². The Hall–Kier alpha value is -0.250. The van der Waals surface area contributed by atoms with Crippen LogP contribution in [0, 0.1) is 16.4 Å². The maximum atomic E-state index is 3.76. The Morgan fingerprint density at radius 1 is 1.22 bits per heavy atom. The number of anilines is 1. The smallest absolute Gasteiger partial charge is 0.0372 e. The van der Waals surface area contributed by atoms with Gasteiger partial charge in [-0.25, -0.2) is 0 Å². The van der Waals surface area contributed by atoms with Crippen LogP contribution in [0.1, 0.15) is 51.0 Å². The van der Waals surface area contributed by atoms with Crippen molar-refractivity contribution in [2.45, 2.75) is 58.4 Å². The van der Waals surface area contributed by atoms with Gasteiger partial charge in [-0.1, -0.05) is 26.2 Å². The molecule has 1 aliphatic rings. The molecule has 0 aliphatic heterocycles. The molecule has 1 aromatic rings. The highest BCUT2D eigenvalue weighted by molar-refractivity contribution is 14.1. The Balaban J connectivity index is 1.96. The van der Waals surface area contributed by atoms with E-state index in [0.717, 1.165) is 5.92 Å². The molecule has 0 heterocycles. The summed E-state index contributed by atoms with van der Waals surface area (Å²) in [6.45, 7) is 4.54. The normalized spacial score (nSPS) is 24.6. The van der Waals surface area contributed by atoms with Gasteiger partial charge in [-0.15, -0.1) is 0 Å². The lowest BCUT2D eigenvalue weighted by Gasteiger charge is -2.19. The molecule has 2 atom stereocenters. The van der Waals surface area contributed by atoms with Crippen LogP contribution in [-0.4, -0.2) is 6.04 Å². The first kappa shape index (κ1) is 14.2. The number of hydrogen-bond acceptors (Lipinski definition) is 1. The zero-order valence-electron chi connectivity index (χ0n) is 11.5. The fraction of sp³-hybridized carbons (Fsp3) is 0.625. The molecule has 0 saturated heterocycles. The van der Waals surface area contributed by atoms with E-state index in [1.165, 1.54) is 53.3 Å². The number of hydrogen-bond donors (Lipinski definition) is 1. The van der Waals surface area contributed by atoms with Crippen LogP contribution >= 0.6 is 22.6 Å². The van der Waals surface area contributed by atoms with E-state index in [-0.39, 0.29) is 0 Å². The molecule has 0 radical (unpaired) electrons. The lowest BCUT2D eigenvalue weighted by molar-refractivity contribution is 0.444. The molecular weight excluding hydrogens is 333 g/mol. The van der Waals surface area contributed by atoms with Gasteiger partial charge in [0.05, 0.1) is 0 Å². The van der Waals surface area contributed by atoms with Gasteiger partial charge in [0.1, 0.15) is 0 Å². The van der Waals surface area contributed by atoms with Gasteiger partial charge >= 0.3 is 0 Å². The topological polar surface area (TPSA) is 12.0 Å². The Bertz CT molecular complexity index is 389. The molecule has 0 aromatic heterocycles. The predicted octanol–water partition coefficient (Wildman–Crippen LogP) is 5.37. The van der Waals surface area contributed by atoms with Crippen molar-refractivity contribution in [1.82, 2.24) is 0 Å². The van der Waals surface area contributed by atoms with Crippen molar-refractivity contribution >= 4 is 28.3 Å². The summed E-state index contributed by atoms with van der Waals surface area (Å²) in [5, 5.41) is 3.76. The summed E-state index contributed by atoms with van der Waals surface area (Å²) in [4.78, 5) is 0. The van der Waals surface area contributed by atoms with Crippen molar-refractivity contribution in [3.8, 4) is 0 Å². The van der Waals surface area contributed by atoms with Crippen LogP contribution in [0.25, 0.3) is 0 Å². The summed E-state index contributed by atoms with van der Waals surface area (Å²) in [5.74, 6) is 0.967. The second kappa shape index (κ2) is 6.78. The van der Waals surface area contributed by atoms with Gasteiger partial charge in [0, 0.05) is 15.3 Å². The van der Waals surface area contributed by atoms with E-state index in [1.807, 2.05) is 0 Å². The standard InChI is InChI=1S/C16H24IN/c1-3-13-5-4-6-15(9-7-13)18-16-10-8-14(17)11-12(16)2/h8,10-11,13,15,18H,3-7,9H2,1-2H3. The molecule has 1 nitrogen and oxygen atoms in total. The Morgan fingerprint density at radius 2 is 2.06 bits per heavy atom. The van der Waals surface area contributed by atoms with Crippen molar-refractivity contribution in [1.29, 1.82) is 0 Å². The highest BCUT2D eigenvalue weighted by Crippen LogP contribution is 2.28. The predicted molar refractivity (Wildman–Crippen MR) is 88.2 cm³/mol. The fourth-order valence-electron chi connectivity index (χ4n) is 2.94.